The summed E-state index contributed by atoms with van der Waals surface area (Å²) in [5.41, 5.74) is 0.271. The molecule has 0 unspecified atom stereocenters. The minimum Gasteiger partial charge on any atom is -0.358 e. The van der Waals surface area contributed by atoms with Gasteiger partial charge in [0.05, 0.1) is 18.9 Å². The van der Waals surface area contributed by atoms with Crippen LogP contribution in [0.1, 0.15) is 29.3 Å². The molecular formula is C28H24FIN2O4. The van der Waals surface area contributed by atoms with Crippen LogP contribution in [0.5, 0.6) is 0 Å². The van der Waals surface area contributed by atoms with E-state index in [0.29, 0.717) is 6.42 Å². The summed E-state index contributed by atoms with van der Waals surface area (Å²) in [7, 11) is 0. The lowest BCUT2D eigenvalue weighted by Crippen LogP contribution is -2.37. The van der Waals surface area contributed by atoms with Crippen molar-refractivity contribution in [3.05, 3.63) is 141 Å². The fourth-order valence-electron chi connectivity index (χ4n) is 4.66. The van der Waals surface area contributed by atoms with Crippen LogP contribution in [0.15, 0.2) is 107 Å². The van der Waals surface area contributed by atoms with Gasteiger partial charge >= 0.3 is 5.69 Å². The van der Waals surface area contributed by atoms with Crippen LogP contribution < -0.4 is 11.2 Å². The van der Waals surface area contributed by atoms with Crippen LogP contribution >= 0.6 is 22.6 Å². The van der Waals surface area contributed by atoms with Gasteiger partial charge in [-0.15, -0.1) is 0 Å². The van der Waals surface area contributed by atoms with Crippen molar-refractivity contribution >= 4 is 22.6 Å². The molecule has 36 heavy (non-hydrogen) atoms. The number of aromatic amines is 1. The predicted octanol–water partition coefficient (Wildman–Crippen LogP) is 4.78. The third-order valence-electron chi connectivity index (χ3n) is 6.40. The quantitative estimate of drug-likeness (QED) is 0.189. The molecule has 1 aliphatic heterocycles. The minimum absolute atomic E-state index is 0.00508. The summed E-state index contributed by atoms with van der Waals surface area (Å²) in [5, 5.41) is 0. The molecule has 0 bridgehead atoms. The Morgan fingerprint density at radius 1 is 0.917 bits per heavy atom. The number of rotatable bonds is 7. The second-order valence-electron chi connectivity index (χ2n) is 8.61. The van der Waals surface area contributed by atoms with Crippen LogP contribution in [0.2, 0.25) is 0 Å². The lowest BCUT2D eigenvalue weighted by Gasteiger charge is -2.37. The van der Waals surface area contributed by atoms with Gasteiger partial charge in [0, 0.05) is 10.3 Å². The van der Waals surface area contributed by atoms with Gasteiger partial charge < -0.3 is 9.47 Å². The number of aromatic nitrogens is 2. The number of ether oxygens (including phenoxy) is 2. The van der Waals surface area contributed by atoms with E-state index in [1.807, 2.05) is 96.0 Å². The highest BCUT2D eigenvalue weighted by molar-refractivity contribution is 14.1. The van der Waals surface area contributed by atoms with Gasteiger partial charge in [-0.05, 0) is 16.7 Å². The smallest absolute Gasteiger partial charge is 0.330 e. The average Bonchev–Trinajstić information content (AvgIpc) is 3.28. The number of hydrogen-bond donors (Lipinski definition) is 1. The zero-order chi connectivity index (χ0) is 25.1. The lowest BCUT2D eigenvalue weighted by molar-refractivity contribution is -0.0761. The predicted molar refractivity (Wildman–Crippen MR) is 143 cm³/mol. The van der Waals surface area contributed by atoms with Gasteiger partial charge in [0.25, 0.3) is 5.56 Å². The van der Waals surface area contributed by atoms with E-state index in [9.17, 15) is 14.0 Å². The van der Waals surface area contributed by atoms with Crippen LogP contribution in [0, 0.1) is 5.82 Å². The Morgan fingerprint density at radius 3 is 1.92 bits per heavy atom. The fourth-order valence-corrected chi connectivity index (χ4v) is 5.47. The van der Waals surface area contributed by atoms with Crippen molar-refractivity contribution in [2.75, 3.05) is 6.61 Å². The number of nitrogens with zero attached hydrogens (tertiary/aromatic N) is 1. The molecule has 0 amide bonds. The monoisotopic (exact) mass is 598 g/mol. The maximum Gasteiger partial charge on any atom is 0.330 e. The van der Waals surface area contributed by atoms with Crippen LogP contribution in [-0.2, 0) is 15.1 Å². The molecular weight excluding hydrogens is 574 g/mol. The molecule has 0 radical (unpaired) electrons. The number of alkyl halides is 1. The molecule has 2 heterocycles. The van der Waals surface area contributed by atoms with Gasteiger partial charge in [-0.1, -0.05) is 114 Å². The zero-order valence-electron chi connectivity index (χ0n) is 19.2. The summed E-state index contributed by atoms with van der Waals surface area (Å²) in [6.45, 7) is 0.226. The first-order chi connectivity index (χ1) is 17.5. The standard InChI is InChI=1S/C28H24FIN2O4/c29-22-17-32(27(34)31-26(22)33)25-16-23(30)24(36-25)18-35-28(19-10-4-1-5-11-19,20-12-6-2-7-13-20)21-14-8-3-9-15-21/h1-15,17,23-25H,16,18H2,(H,31,33,34)/t23-,24-,25-/m1/s1. The molecule has 0 spiro atoms. The van der Waals surface area contributed by atoms with E-state index in [2.05, 4.69) is 22.6 Å². The number of halogens is 2. The van der Waals surface area contributed by atoms with Gasteiger partial charge in [-0.25, -0.2) is 4.79 Å². The maximum absolute atomic E-state index is 13.9. The van der Waals surface area contributed by atoms with E-state index >= 15 is 0 Å². The first-order valence-corrected chi connectivity index (χ1v) is 12.8. The Kier molecular flexibility index (Phi) is 7.17. The Labute approximate surface area is 220 Å². The second-order valence-corrected chi connectivity index (χ2v) is 10.2. The summed E-state index contributed by atoms with van der Waals surface area (Å²) in [4.78, 5) is 25.7. The summed E-state index contributed by atoms with van der Waals surface area (Å²) < 4.78 is 28.0. The maximum atomic E-state index is 13.9. The van der Waals surface area contributed by atoms with E-state index in [4.69, 9.17) is 9.47 Å². The second kappa shape index (κ2) is 10.5. The molecule has 1 fully saturated rings. The first-order valence-electron chi connectivity index (χ1n) is 11.6. The molecule has 4 aromatic rings. The fraction of sp³-hybridized carbons (Fsp3) is 0.214. The number of nitrogens with one attached hydrogen (secondary N) is 1. The van der Waals surface area contributed by atoms with Crippen molar-refractivity contribution in [3.8, 4) is 0 Å². The van der Waals surface area contributed by atoms with Gasteiger partial charge in [-0.3, -0.25) is 14.3 Å². The van der Waals surface area contributed by atoms with Crippen LogP contribution in [-0.4, -0.2) is 26.2 Å². The van der Waals surface area contributed by atoms with Crippen LogP contribution in [0.4, 0.5) is 4.39 Å². The topological polar surface area (TPSA) is 73.3 Å². The Bertz CT molecular complexity index is 1330. The van der Waals surface area contributed by atoms with Gasteiger partial charge in [-0.2, -0.15) is 4.39 Å². The summed E-state index contributed by atoms with van der Waals surface area (Å²) in [6, 6.07) is 30.1. The third-order valence-corrected chi connectivity index (χ3v) is 7.71. The van der Waals surface area contributed by atoms with Crippen molar-refractivity contribution < 1.29 is 13.9 Å². The largest absolute Gasteiger partial charge is 0.358 e. The molecule has 1 N–H and O–H groups in total. The molecule has 1 aromatic heterocycles. The van der Waals surface area contributed by atoms with Crippen molar-refractivity contribution in [1.29, 1.82) is 0 Å². The molecule has 3 atom stereocenters. The van der Waals surface area contributed by atoms with Gasteiger partial charge in [0.1, 0.15) is 11.8 Å². The summed E-state index contributed by atoms with van der Waals surface area (Å²) >= 11 is 2.27. The van der Waals surface area contributed by atoms with Crippen molar-refractivity contribution in [2.45, 2.75) is 28.3 Å². The van der Waals surface area contributed by atoms with Crippen molar-refractivity contribution in [1.82, 2.24) is 9.55 Å². The van der Waals surface area contributed by atoms with E-state index < -0.39 is 28.9 Å². The average molecular weight is 598 g/mol. The molecule has 8 heteroatoms. The van der Waals surface area contributed by atoms with E-state index in [-0.39, 0.29) is 16.6 Å². The van der Waals surface area contributed by atoms with Crippen molar-refractivity contribution in [3.63, 3.8) is 0 Å². The van der Waals surface area contributed by atoms with E-state index in [0.717, 1.165) is 27.5 Å². The Morgan fingerprint density at radius 2 is 1.42 bits per heavy atom. The Hall–Kier alpha value is -3.08. The minimum atomic E-state index is -1.04. The lowest BCUT2D eigenvalue weighted by atomic mass is 9.80. The first kappa shape index (κ1) is 24.6. The molecule has 1 aliphatic rings. The molecule has 0 aliphatic carbocycles. The highest BCUT2D eigenvalue weighted by atomic mass is 127. The molecule has 5 rings (SSSR count). The molecule has 184 valence electrons. The number of H-pyrrole nitrogens is 1. The van der Waals surface area contributed by atoms with Crippen molar-refractivity contribution in [2.24, 2.45) is 0 Å². The molecule has 0 saturated carbocycles. The number of benzene rings is 3. The third kappa shape index (κ3) is 4.68. The van der Waals surface area contributed by atoms with E-state index in [1.54, 1.807) is 0 Å². The highest BCUT2D eigenvalue weighted by Gasteiger charge is 2.41. The zero-order valence-corrected chi connectivity index (χ0v) is 21.4. The molecule has 6 nitrogen and oxygen atoms in total. The summed E-state index contributed by atoms with van der Waals surface area (Å²) in [6.07, 6.45) is 0.294. The number of hydrogen-bond acceptors (Lipinski definition) is 4. The van der Waals surface area contributed by atoms with Gasteiger partial charge in [0.15, 0.2) is 0 Å². The highest BCUT2D eigenvalue weighted by Crippen LogP contribution is 2.42. The van der Waals surface area contributed by atoms with Gasteiger partial charge in [0.2, 0.25) is 5.82 Å². The van der Waals surface area contributed by atoms with Crippen LogP contribution in [0.25, 0.3) is 0 Å². The normalized spacial score (nSPS) is 19.9. The SMILES string of the molecule is O=c1[nH]c(=O)n([C@H]2C[C@@H](I)[C@@H](COC(c3ccccc3)(c3ccccc3)c3ccccc3)O2)cc1F. The molecule has 3 aromatic carbocycles. The Balaban J connectivity index is 1.50. The van der Waals surface area contributed by atoms with E-state index in [1.165, 1.54) is 0 Å². The molecule has 1 saturated heterocycles. The van der Waals surface area contributed by atoms with Crippen LogP contribution in [0.3, 0.4) is 0 Å². The summed E-state index contributed by atoms with van der Waals surface area (Å²) in [5.74, 6) is -1.03.